The van der Waals surface area contributed by atoms with Crippen LogP contribution in [0.25, 0.3) is 0 Å². The van der Waals surface area contributed by atoms with Crippen LogP contribution in [0, 0.1) is 0 Å². The molecule has 0 bridgehead atoms. The van der Waals surface area contributed by atoms with E-state index in [9.17, 15) is 0 Å². The van der Waals surface area contributed by atoms with E-state index in [0.29, 0.717) is 12.1 Å². The fourth-order valence-electron chi connectivity index (χ4n) is 2.39. The topological polar surface area (TPSA) is 41.9 Å². The van der Waals surface area contributed by atoms with Gasteiger partial charge in [-0.3, -0.25) is 4.68 Å². The molecular formula is C12H22N4. The minimum Gasteiger partial charge on any atom is -0.380 e. The van der Waals surface area contributed by atoms with Gasteiger partial charge in [0.25, 0.3) is 0 Å². The average Bonchev–Trinajstić information content (AvgIpc) is 2.65. The highest BCUT2D eigenvalue weighted by Gasteiger charge is 2.15. The van der Waals surface area contributed by atoms with Crippen LogP contribution in [-0.2, 0) is 7.05 Å². The van der Waals surface area contributed by atoms with Crippen LogP contribution in [0.3, 0.4) is 0 Å². The molecule has 1 aliphatic heterocycles. The summed E-state index contributed by atoms with van der Waals surface area (Å²) in [6, 6.07) is 1.19. The Balaban J connectivity index is 1.77. The molecule has 0 amide bonds. The summed E-state index contributed by atoms with van der Waals surface area (Å²) in [4.78, 5) is 0. The molecule has 0 radical (unpaired) electrons. The molecule has 0 aliphatic carbocycles. The summed E-state index contributed by atoms with van der Waals surface area (Å²) >= 11 is 0. The van der Waals surface area contributed by atoms with Crippen LogP contribution in [0.15, 0.2) is 12.4 Å². The Morgan fingerprint density at radius 2 is 2.50 bits per heavy atom. The summed E-state index contributed by atoms with van der Waals surface area (Å²) in [5.74, 6) is 0. The molecule has 2 rings (SSSR count). The van der Waals surface area contributed by atoms with Crippen molar-refractivity contribution in [1.82, 2.24) is 15.1 Å². The minimum absolute atomic E-state index is 0.500. The Hall–Kier alpha value is -1.03. The molecule has 1 aromatic heterocycles. The van der Waals surface area contributed by atoms with Crippen molar-refractivity contribution in [3.63, 3.8) is 0 Å². The first kappa shape index (κ1) is 11.5. The van der Waals surface area contributed by atoms with Crippen molar-refractivity contribution in [1.29, 1.82) is 0 Å². The zero-order valence-electron chi connectivity index (χ0n) is 10.2. The maximum Gasteiger partial charge on any atom is 0.0728 e. The number of aryl methyl sites for hydroxylation is 1. The second kappa shape index (κ2) is 5.34. The second-order valence-corrected chi connectivity index (χ2v) is 4.83. The summed E-state index contributed by atoms with van der Waals surface area (Å²) in [5.41, 5.74) is 1.12. The van der Waals surface area contributed by atoms with E-state index < -0.39 is 0 Å². The molecular weight excluding hydrogens is 200 g/mol. The second-order valence-electron chi connectivity index (χ2n) is 4.83. The molecule has 2 unspecified atom stereocenters. The van der Waals surface area contributed by atoms with E-state index in [-0.39, 0.29) is 0 Å². The number of piperidine rings is 1. The molecule has 2 heterocycles. The molecule has 0 saturated carbocycles. The van der Waals surface area contributed by atoms with Gasteiger partial charge in [-0.25, -0.2) is 0 Å². The highest BCUT2D eigenvalue weighted by atomic mass is 15.3. The van der Waals surface area contributed by atoms with Gasteiger partial charge in [-0.05, 0) is 32.7 Å². The first-order chi connectivity index (χ1) is 7.74. The largest absolute Gasteiger partial charge is 0.380 e. The summed E-state index contributed by atoms with van der Waals surface area (Å²) in [7, 11) is 1.94. The standard InChI is InChI=1S/C12H22N4/c1-10(7-11-5-3-4-6-13-11)15-12-8-14-16(2)9-12/h8-11,13,15H,3-7H2,1-2H3. The third-order valence-electron chi connectivity index (χ3n) is 3.17. The van der Waals surface area contributed by atoms with Gasteiger partial charge in [-0.15, -0.1) is 0 Å². The molecule has 1 fully saturated rings. The Morgan fingerprint density at radius 3 is 3.12 bits per heavy atom. The molecule has 1 aliphatic rings. The molecule has 2 atom stereocenters. The van der Waals surface area contributed by atoms with Crippen molar-refractivity contribution >= 4 is 5.69 Å². The number of hydrogen-bond donors (Lipinski definition) is 2. The van der Waals surface area contributed by atoms with Crippen LogP contribution in [0.4, 0.5) is 5.69 Å². The van der Waals surface area contributed by atoms with Gasteiger partial charge in [-0.1, -0.05) is 6.42 Å². The molecule has 4 heteroatoms. The third-order valence-corrected chi connectivity index (χ3v) is 3.17. The van der Waals surface area contributed by atoms with Gasteiger partial charge in [0.15, 0.2) is 0 Å². The van der Waals surface area contributed by atoms with Gasteiger partial charge >= 0.3 is 0 Å². The number of nitrogens with zero attached hydrogens (tertiary/aromatic N) is 2. The van der Waals surface area contributed by atoms with Gasteiger partial charge in [0.05, 0.1) is 11.9 Å². The molecule has 0 aromatic carbocycles. The summed E-state index contributed by atoms with van der Waals surface area (Å²) in [5, 5.41) is 11.2. The Bertz CT molecular complexity index is 315. The maximum atomic E-state index is 4.16. The molecule has 16 heavy (non-hydrogen) atoms. The summed E-state index contributed by atoms with van der Waals surface area (Å²) < 4.78 is 1.83. The highest BCUT2D eigenvalue weighted by molar-refractivity contribution is 5.38. The fraction of sp³-hybridized carbons (Fsp3) is 0.750. The SMILES string of the molecule is CC(CC1CCCCN1)Nc1cnn(C)c1. The number of aromatic nitrogens is 2. The first-order valence-corrected chi connectivity index (χ1v) is 6.22. The smallest absolute Gasteiger partial charge is 0.0728 e. The molecule has 2 N–H and O–H groups in total. The van der Waals surface area contributed by atoms with Crippen molar-refractivity contribution in [2.24, 2.45) is 7.05 Å². The number of anilines is 1. The highest BCUT2D eigenvalue weighted by Crippen LogP contribution is 2.14. The molecule has 90 valence electrons. The lowest BCUT2D eigenvalue weighted by Gasteiger charge is -2.26. The molecule has 1 aromatic rings. The van der Waals surface area contributed by atoms with Crippen LogP contribution in [0.2, 0.25) is 0 Å². The first-order valence-electron chi connectivity index (χ1n) is 6.22. The van der Waals surface area contributed by atoms with Crippen LogP contribution >= 0.6 is 0 Å². The zero-order chi connectivity index (χ0) is 11.4. The summed E-state index contributed by atoms with van der Waals surface area (Å²) in [6.45, 7) is 3.42. The molecule has 0 spiro atoms. The Labute approximate surface area is 97.4 Å². The van der Waals surface area contributed by atoms with Crippen molar-refractivity contribution in [3.05, 3.63) is 12.4 Å². The monoisotopic (exact) mass is 222 g/mol. The third kappa shape index (κ3) is 3.23. The minimum atomic E-state index is 0.500. The van der Waals surface area contributed by atoms with Gasteiger partial charge in [0.2, 0.25) is 0 Å². The van der Waals surface area contributed by atoms with Crippen molar-refractivity contribution in [2.45, 2.75) is 44.7 Å². The lowest BCUT2D eigenvalue weighted by atomic mass is 9.99. The van der Waals surface area contributed by atoms with E-state index in [0.717, 1.165) is 5.69 Å². The van der Waals surface area contributed by atoms with E-state index in [1.807, 2.05) is 24.1 Å². The van der Waals surface area contributed by atoms with E-state index >= 15 is 0 Å². The summed E-state index contributed by atoms with van der Waals surface area (Å²) in [6.07, 6.45) is 9.11. The predicted octanol–water partition coefficient (Wildman–Crippen LogP) is 1.75. The molecule has 4 nitrogen and oxygen atoms in total. The normalized spacial score (nSPS) is 23.0. The average molecular weight is 222 g/mol. The zero-order valence-corrected chi connectivity index (χ0v) is 10.2. The Morgan fingerprint density at radius 1 is 1.62 bits per heavy atom. The van der Waals surface area contributed by atoms with Crippen LogP contribution in [0.1, 0.15) is 32.6 Å². The number of hydrogen-bond acceptors (Lipinski definition) is 3. The van der Waals surface area contributed by atoms with Crippen LogP contribution < -0.4 is 10.6 Å². The Kier molecular flexibility index (Phi) is 3.83. The van der Waals surface area contributed by atoms with Gasteiger partial charge in [-0.2, -0.15) is 5.10 Å². The van der Waals surface area contributed by atoms with Crippen molar-refractivity contribution in [2.75, 3.05) is 11.9 Å². The van der Waals surface area contributed by atoms with E-state index in [4.69, 9.17) is 0 Å². The van der Waals surface area contributed by atoms with Crippen molar-refractivity contribution < 1.29 is 0 Å². The number of rotatable bonds is 4. The van der Waals surface area contributed by atoms with E-state index in [1.54, 1.807) is 0 Å². The van der Waals surface area contributed by atoms with E-state index in [2.05, 4.69) is 22.7 Å². The van der Waals surface area contributed by atoms with Gasteiger partial charge in [0, 0.05) is 25.3 Å². The van der Waals surface area contributed by atoms with Crippen molar-refractivity contribution in [3.8, 4) is 0 Å². The van der Waals surface area contributed by atoms with Gasteiger partial charge < -0.3 is 10.6 Å². The lowest BCUT2D eigenvalue weighted by Crippen LogP contribution is -2.37. The maximum absolute atomic E-state index is 4.16. The molecule has 1 saturated heterocycles. The van der Waals surface area contributed by atoms with Gasteiger partial charge in [0.1, 0.15) is 0 Å². The van der Waals surface area contributed by atoms with Crippen LogP contribution in [-0.4, -0.2) is 28.4 Å². The van der Waals surface area contributed by atoms with Crippen LogP contribution in [0.5, 0.6) is 0 Å². The van der Waals surface area contributed by atoms with E-state index in [1.165, 1.54) is 32.2 Å². The fourth-order valence-corrected chi connectivity index (χ4v) is 2.39. The lowest BCUT2D eigenvalue weighted by molar-refractivity contribution is 0.371. The quantitative estimate of drug-likeness (QED) is 0.815. The predicted molar refractivity (Wildman–Crippen MR) is 66.6 cm³/mol. The number of nitrogens with one attached hydrogen (secondary N) is 2.